The molecule has 1 aromatic carbocycles. The summed E-state index contributed by atoms with van der Waals surface area (Å²) in [6.07, 6.45) is 0. The van der Waals surface area contributed by atoms with Gasteiger partial charge in [-0.3, -0.25) is 4.79 Å². The third-order valence-electron chi connectivity index (χ3n) is 1.53. The second kappa shape index (κ2) is 3.34. The fourth-order valence-electron chi connectivity index (χ4n) is 0.845. The number of carbonyl (C=O) groups is 1. The smallest absolute Gasteiger partial charge is 0.266 e. The van der Waals surface area contributed by atoms with Crippen LogP contribution in [0.3, 0.4) is 0 Å². The Morgan fingerprint density at radius 1 is 1.25 bits per heavy atom. The van der Waals surface area contributed by atoms with Gasteiger partial charge in [-0.15, -0.1) is 0 Å². The lowest BCUT2D eigenvalue weighted by Gasteiger charge is -2.08. The molecule has 0 aliphatic rings. The van der Waals surface area contributed by atoms with Crippen molar-refractivity contribution in [3.8, 4) is 0 Å². The molecule has 12 heavy (non-hydrogen) atoms. The standard InChI is InChI=1S/C8H11N3O/c1-6-2-4-7(5-3-6)8(12)11(9)10/h2-5H,9-10H2,1H3. The summed E-state index contributed by atoms with van der Waals surface area (Å²) in [5.74, 6) is 9.74. The van der Waals surface area contributed by atoms with Crippen molar-refractivity contribution < 1.29 is 4.79 Å². The average Bonchev–Trinajstić information content (AvgIpc) is 2.04. The first-order valence-electron chi connectivity index (χ1n) is 3.52. The minimum absolute atomic E-state index is 0.394. The van der Waals surface area contributed by atoms with Gasteiger partial charge in [0.15, 0.2) is 0 Å². The van der Waals surface area contributed by atoms with Crippen LogP contribution in [0.5, 0.6) is 0 Å². The van der Waals surface area contributed by atoms with E-state index < -0.39 is 5.91 Å². The Bertz CT molecular complexity index is 279. The van der Waals surface area contributed by atoms with Gasteiger partial charge < -0.3 is 0 Å². The predicted molar refractivity (Wildman–Crippen MR) is 45.7 cm³/mol. The van der Waals surface area contributed by atoms with Crippen LogP contribution >= 0.6 is 0 Å². The second-order valence-electron chi connectivity index (χ2n) is 2.58. The summed E-state index contributed by atoms with van der Waals surface area (Å²) in [7, 11) is 0. The quantitative estimate of drug-likeness (QED) is 0.354. The molecule has 4 N–H and O–H groups in total. The summed E-state index contributed by atoms with van der Waals surface area (Å²) < 4.78 is 0. The van der Waals surface area contributed by atoms with E-state index in [1.165, 1.54) is 0 Å². The van der Waals surface area contributed by atoms with Gasteiger partial charge in [-0.2, -0.15) is 0 Å². The van der Waals surface area contributed by atoms with E-state index in [4.69, 9.17) is 11.7 Å². The Labute approximate surface area is 70.7 Å². The Kier molecular flexibility index (Phi) is 2.42. The summed E-state index contributed by atoms with van der Waals surface area (Å²) in [5, 5.41) is 0.574. The Hall–Kier alpha value is -1.39. The fraction of sp³-hybridized carbons (Fsp3) is 0.125. The zero-order valence-corrected chi connectivity index (χ0v) is 6.82. The number of rotatable bonds is 1. The van der Waals surface area contributed by atoms with Crippen molar-refractivity contribution >= 4 is 5.91 Å². The Morgan fingerprint density at radius 3 is 2.17 bits per heavy atom. The molecule has 0 spiro atoms. The first-order chi connectivity index (χ1) is 5.61. The van der Waals surface area contributed by atoms with E-state index in [-0.39, 0.29) is 0 Å². The molecule has 0 heterocycles. The second-order valence-corrected chi connectivity index (χ2v) is 2.58. The third-order valence-corrected chi connectivity index (χ3v) is 1.53. The van der Waals surface area contributed by atoms with E-state index in [1.807, 2.05) is 19.1 Å². The van der Waals surface area contributed by atoms with E-state index in [0.29, 0.717) is 10.7 Å². The number of aryl methyl sites for hydroxylation is 1. The van der Waals surface area contributed by atoms with E-state index in [1.54, 1.807) is 12.1 Å². The number of carbonyl (C=O) groups excluding carboxylic acids is 1. The molecule has 4 heteroatoms. The van der Waals surface area contributed by atoms with Crippen molar-refractivity contribution in [2.45, 2.75) is 6.92 Å². The largest absolute Gasteiger partial charge is 0.282 e. The minimum Gasteiger partial charge on any atom is -0.266 e. The van der Waals surface area contributed by atoms with Gasteiger partial charge in [0.1, 0.15) is 0 Å². The van der Waals surface area contributed by atoms with Crippen molar-refractivity contribution in [2.75, 3.05) is 0 Å². The van der Waals surface area contributed by atoms with Crippen LogP contribution in [0.2, 0.25) is 0 Å². The maximum absolute atomic E-state index is 11.1. The average molecular weight is 165 g/mol. The van der Waals surface area contributed by atoms with Crippen molar-refractivity contribution in [2.24, 2.45) is 11.7 Å². The maximum atomic E-state index is 11.1. The zero-order valence-electron chi connectivity index (χ0n) is 6.82. The van der Waals surface area contributed by atoms with Crippen molar-refractivity contribution in [1.29, 1.82) is 0 Å². The van der Waals surface area contributed by atoms with Crippen LogP contribution in [0, 0.1) is 6.92 Å². The highest BCUT2D eigenvalue weighted by molar-refractivity contribution is 5.93. The molecule has 0 saturated carbocycles. The SMILES string of the molecule is Cc1ccc(C(=O)N(N)N)cc1. The molecule has 0 aromatic heterocycles. The predicted octanol–water partition coefficient (Wildman–Crippen LogP) is 0.185. The van der Waals surface area contributed by atoms with Crippen molar-refractivity contribution in [1.82, 2.24) is 5.12 Å². The molecule has 1 aromatic rings. The van der Waals surface area contributed by atoms with E-state index >= 15 is 0 Å². The molecule has 0 atom stereocenters. The highest BCUT2D eigenvalue weighted by atomic mass is 16.2. The molecule has 0 bridgehead atoms. The molecule has 4 nitrogen and oxygen atoms in total. The molecule has 1 rings (SSSR count). The van der Waals surface area contributed by atoms with E-state index in [2.05, 4.69) is 0 Å². The third kappa shape index (κ3) is 1.81. The lowest BCUT2D eigenvalue weighted by Crippen LogP contribution is -2.43. The van der Waals surface area contributed by atoms with Gasteiger partial charge in [0.2, 0.25) is 0 Å². The van der Waals surface area contributed by atoms with E-state index in [9.17, 15) is 4.79 Å². The number of nitrogens with two attached hydrogens (primary N) is 2. The molecule has 0 radical (unpaired) electrons. The number of amides is 1. The van der Waals surface area contributed by atoms with Gasteiger partial charge in [0.05, 0.1) is 0 Å². The zero-order chi connectivity index (χ0) is 9.14. The van der Waals surface area contributed by atoms with Crippen LogP contribution in [0.15, 0.2) is 24.3 Å². The van der Waals surface area contributed by atoms with Crippen LogP contribution in [0.25, 0.3) is 0 Å². The van der Waals surface area contributed by atoms with E-state index in [0.717, 1.165) is 5.56 Å². The van der Waals surface area contributed by atoms with Crippen LogP contribution in [0.4, 0.5) is 0 Å². The molecule has 1 amide bonds. The summed E-state index contributed by atoms with van der Waals surface area (Å²) in [5.41, 5.74) is 1.58. The molecule has 0 aliphatic heterocycles. The highest BCUT2D eigenvalue weighted by Crippen LogP contribution is 2.03. The van der Waals surface area contributed by atoms with Crippen molar-refractivity contribution in [3.05, 3.63) is 35.4 Å². The van der Waals surface area contributed by atoms with Gasteiger partial charge in [-0.1, -0.05) is 17.7 Å². The normalized spacial score (nSPS) is 9.58. The molecule has 0 fully saturated rings. The molecular formula is C8H11N3O. The fourth-order valence-corrected chi connectivity index (χ4v) is 0.845. The summed E-state index contributed by atoms with van der Waals surface area (Å²) in [6.45, 7) is 1.94. The molecule has 0 aliphatic carbocycles. The van der Waals surface area contributed by atoms with Crippen LogP contribution in [-0.4, -0.2) is 11.0 Å². The van der Waals surface area contributed by atoms with Crippen LogP contribution in [-0.2, 0) is 0 Å². The van der Waals surface area contributed by atoms with Crippen LogP contribution < -0.4 is 11.7 Å². The maximum Gasteiger partial charge on any atom is 0.282 e. The first kappa shape index (κ1) is 8.70. The summed E-state index contributed by atoms with van der Waals surface area (Å²) in [6, 6.07) is 7.03. The number of hydrogen-bond donors (Lipinski definition) is 2. The van der Waals surface area contributed by atoms with Crippen molar-refractivity contribution in [3.63, 3.8) is 0 Å². The number of hydrogen-bond acceptors (Lipinski definition) is 3. The Balaban J connectivity index is 2.90. The molecule has 64 valence electrons. The van der Waals surface area contributed by atoms with Gasteiger partial charge in [0, 0.05) is 5.56 Å². The molecule has 0 unspecified atom stereocenters. The first-order valence-corrected chi connectivity index (χ1v) is 3.52. The highest BCUT2D eigenvalue weighted by Gasteiger charge is 2.07. The van der Waals surface area contributed by atoms with Crippen LogP contribution in [0.1, 0.15) is 15.9 Å². The summed E-state index contributed by atoms with van der Waals surface area (Å²) >= 11 is 0. The monoisotopic (exact) mass is 165 g/mol. The Morgan fingerprint density at radius 2 is 1.75 bits per heavy atom. The van der Waals surface area contributed by atoms with Gasteiger partial charge in [0.25, 0.3) is 5.91 Å². The lowest BCUT2D eigenvalue weighted by molar-refractivity contribution is 0.0755. The van der Waals surface area contributed by atoms with Gasteiger partial charge in [-0.05, 0) is 19.1 Å². The molecule has 0 saturated heterocycles. The number of hydrazine groups is 2. The minimum atomic E-state index is -0.394. The number of nitrogens with zero attached hydrogens (tertiary/aromatic N) is 1. The van der Waals surface area contributed by atoms with Gasteiger partial charge in [-0.25, -0.2) is 16.8 Å². The van der Waals surface area contributed by atoms with Gasteiger partial charge >= 0.3 is 0 Å². The lowest BCUT2D eigenvalue weighted by atomic mass is 10.1. The topological polar surface area (TPSA) is 72.3 Å². The molecular weight excluding hydrogens is 154 g/mol. The number of benzene rings is 1. The summed E-state index contributed by atoms with van der Waals surface area (Å²) in [4.78, 5) is 11.1.